The molecule has 7 heteroatoms. The topological polar surface area (TPSA) is 84.9 Å². The number of amides is 1. The summed E-state index contributed by atoms with van der Waals surface area (Å²) < 4.78 is 9.69. The van der Waals surface area contributed by atoms with Crippen molar-refractivity contribution in [2.75, 3.05) is 7.11 Å². The number of esters is 1. The Hall–Kier alpha value is -2.21. The van der Waals surface area contributed by atoms with Gasteiger partial charge in [-0.3, -0.25) is 5.32 Å². The van der Waals surface area contributed by atoms with E-state index in [4.69, 9.17) is 16.3 Å². The molecule has 0 heterocycles. The van der Waals surface area contributed by atoms with Crippen LogP contribution in [0.3, 0.4) is 0 Å². The van der Waals surface area contributed by atoms with Crippen molar-refractivity contribution in [1.29, 1.82) is 0 Å². The number of benzene rings is 1. The number of alkyl carbamates (subject to hydrolysis) is 1. The van der Waals surface area contributed by atoms with Gasteiger partial charge in [0.25, 0.3) is 0 Å². The Morgan fingerprint density at radius 3 is 2.45 bits per heavy atom. The molecule has 0 radical (unpaired) electrons. The van der Waals surface area contributed by atoms with Gasteiger partial charge in [-0.15, -0.1) is 0 Å². The molecule has 0 aliphatic rings. The molecule has 0 saturated heterocycles. The molecule has 1 aromatic rings. The molecule has 2 N–H and O–H groups in total. The van der Waals surface area contributed by atoms with Crippen molar-refractivity contribution in [1.82, 2.24) is 5.32 Å². The van der Waals surface area contributed by atoms with E-state index in [9.17, 15) is 14.7 Å². The predicted octanol–water partition coefficient (Wildman–Crippen LogP) is 3.08. The first-order valence-electron chi connectivity index (χ1n) is 6.41. The first-order valence-corrected chi connectivity index (χ1v) is 6.78. The fourth-order valence-corrected chi connectivity index (χ4v) is 1.69. The Labute approximate surface area is 133 Å². The quantitative estimate of drug-likeness (QED) is 0.658. The highest BCUT2D eigenvalue weighted by Crippen LogP contribution is 2.23. The summed E-state index contributed by atoms with van der Waals surface area (Å²) >= 11 is 5.96. The van der Waals surface area contributed by atoms with Gasteiger partial charge in [0.1, 0.15) is 17.0 Å². The Morgan fingerprint density at radius 2 is 1.95 bits per heavy atom. The molecule has 0 aliphatic carbocycles. The number of phenols is 1. The molecule has 0 aromatic heterocycles. The van der Waals surface area contributed by atoms with E-state index in [-0.39, 0.29) is 16.5 Å². The SMILES string of the molecule is COC(=O)/C(=C/c1ccc(O)cc1Cl)NC(=O)OC(C)(C)C. The standard InChI is InChI=1S/C15H18ClNO5/c1-15(2,3)22-14(20)17-12(13(19)21-4)7-9-5-6-10(18)8-11(9)16/h5-8,18H,1-4H3,(H,17,20)/b12-7-. The molecule has 0 fully saturated rings. The predicted molar refractivity (Wildman–Crippen MR) is 82.5 cm³/mol. The zero-order valence-electron chi connectivity index (χ0n) is 12.8. The number of methoxy groups -OCH3 is 1. The van der Waals surface area contributed by atoms with Crippen LogP contribution in [0.5, 0.6) is 5.75 Å². The second-order valence-electron chi connectivity index (χ2n) is 5.38. The Morgan fingerprint density at radius 1 is 1.32 bits per heavy atom. The summed E-state index contributed by atoms with van der Waals surface area (Å²) in [6, 6.07) is 4.22. The van der Waals surface area contributed by atoms with Crippen LogP contribution in [0.2, 0.25) is 5.02 Å². The largest absolute Gasteiger partial charge is 0.508 e. The molecule has 1 aromatic carbocycles. The Kier molecular flexibility index (Phi) is 5.82. The summed E-state index contributed by atoms with van der Waals surface area (Å²) in [5, 5.41) is 11.8. The maximum absolute atomic E-state index is 11.8. The molecule has 22 heavy (non-hydrogen) atoms. The van der Waals surface area contributed by atoms with Crippen molar-refractivity contribution in [2.45, 2.75) is 26.4 Å². The normalized spacial score (nSPS) is 11.8. The van der Waals surface area contributed by atoms with Crippen LogP contribution in [0.15, 0.2) is 23.9 Å². The van der Waals surface area contributed by atoms with Crippen molar-refractivity contribution in [3.63, 3.8) is 0 Å². The average Bonchev–Trinajstić information content (AvgIpc) is 2.37. The van der Waals surface area contributed by atoms with Crippen LogP contribution in [0.1, 0.15) is 26.3 Å². The molecule has 1 rings (SSSR count). The van der Waals surface area contributed by atoms with Gasteiger partial charge < -0.3 is 14.6 Å². The van der Waals surface area contributed by atoms with Gasteiger partial charge in [0, 0.05) is 0 Å². The van der Waals surface area contributed by atoms with Crippen LogP contribution in [-0.4, -0.2) is 29.9 Å². The first kappa shape index (κ1) is 17.8. The van der Waals surface area contributed by atoms with E-state index in [1.165, 1.54) is 31.4 Å². The molecule has 0 spiro atoms. The highest BCUT2D eigenvalue weighted by Gasteiger charge is 2.20. The van der Waals surface area contributed by atoms with E-state index >= 15 is 0 Å². The van der Waals surface area contributed by atoms with Gasteiger partial charge in [-0.05, 0) is 50.6 Å². The van der Waals surface area contributed by atoms with Crippen molar-refractivity contribution in [3.8, 4) is 5.75 Å². The highest BCUT2D eigenvalue weighted by molar-refractivity contribution is 6.32. The van der Waals surface area contributed by atoms with Crippen LogP contribution in [-0.2, 0) is 14.3 Å². The van der Waals surface area contributed by atoms with Crippen molar-refractivity contribution < 1.29 is 24.2 Å². The zero-order valence-corrected chi connectivity index (χ0v) is 13.5. The van der Waals surface area contributed by atoms with Gasteiger partial charge in [-0.1, -0.05) is 11.6 Å². The monoisotopic (exact) mass is 327 g/mol. The van der Waals surface area contributed by atoms with Crippen LogP contribution < -0.4 is 5.32 Å². The molecule has 0 saturated carbocycles. The summed E-state index contributed by atoms with van der Waals surface area (Å²) in [5.41, 5.74) is -0.415. The van der Waals surface area contributed by atoms with Crippen LogP contribution in [0.25, 0.3) is 6.08 Å². The van der Waals surface area contributed by atoms with Gasteiger partial charge >= 0.3 is 12.1 Å². The second kappa shape index (κ2) is 7.17. The number of hydrogen-bond acceptors (Lipinski definition) is 5. The number of rotatable bonds is 3. The number of halogens is 1. The summed E-state index contributed by atoms with van der Waals surface area (Å²) in [5.74, 6) is -0.767. The average molecular weight is 328 g/mol. The van der Waals surface area contributed by atoms with Crippen molar-refractivity contribution in [2.24, 2.45) is 0 Å². The number of carbonyl (C=O) groups excluding carboxylic acids is 2. The van der Waals surface area contributed by atoms with E-state index in [2.05, 4.69) is 10.1 Å². The van der Waals surface area contributed by atoms with Crippen LogP contribution >= 0.6 is 11.6 Å². The number of carbonyl (C=O) groups is 2. The van der Waals surface area contributed by atoms with Crippen molar-refractivity contribution >= 4 is 29.7 Å². The second-order valence-corrected chi connectivity index (χ2v) is 5.79. The van der Waals surface area contributed by atoms with Crippen LogP contribution in [0.4, 0.5) is 4.79 Å². The number of hydrogen-bond donors (Lipinski definition) is 2. The molecule has 1 amide bonds. The summed E-state index contributed by atoms with van der Waals surface area (Å²) in [4.78, 5) is 23.5. The molecule has 0 atom stereocenters. The minimum Gasteiger partial charge on any atom is -0.508 e. The lowest BCUT2D eigenvalue weighted by Crippen LogP contribution is -2.34. The molecule has 0 aliphatic heterocycles. The maximum Gasteiger partial charge on any atom is 0.412 e. The minimum atomic E-state index is -0.793. The number of nitrogens with one attached hydrogen (secondary N) is 1. The van der Waals surface area contributed by atoms with E-state index in [0.29, 0.717) is 5.56 Å². The first-order chi connectivity index (χ1) is 10.1. The smallest absolute Gasteiger partial charge is 0.412 e. The number of phenolic OH excluding ortho intramolecular Hbond substituents is 1. The van der Waals surface area contributed by atoms with Crippen LogP contribution in [0, 0.1) is 0 Å². The fourth-order valence-electron chi connectivity index (χ4n) is 1.46. The van der Waals surface area contributed by atoms with Crippen molar-refractivity contribution in [3.05, 3.63) is 34.5 Å². The lowest BCUT2D eigenvalue weighted by molar-refractivity contribution is -0.136. The van der Waals surface area contributed by atoms with Gasteiger partial charge in [-0.25, -0.2) is 9.59 Å². The number of aromatic hydroxyl groups is 1. The highest BCUT2D eigenvalue weighted by atomic mass is 35.5. The van der Waals surface area contributed by atoms with Gasteiger partial charge in [0.15, 0.2) is 0 Å². The molecule has 0 bridgehead atoms. The van der Waals surface area contributed by atoms with Gasteiger partial charge in [0.2, 0.25) is 0 Å². The lowest BCUT2D eigenvalue weighted by atomic mass is 10.2. The zero-order chi connectivity index (χ0) is 16.9. The molecule has 120 valence electrons. The summed E-state index contributed by atoms with van der Waals surface area (Å²) in [6.45, 7) is 5.10. The lowest BCUT2D eigenvalue weighted by Gasteiger charge is -2.20. The third-order valence-corrected chi connectivity index (χ3v) is 2.65. The molecule has 0 unspecified atom stereocenters. The summed E-state index contributed by atoms with van der Waals surface area (Å²) in [6.07, 6.45) is 0.538. The Bertz CT molecular complexity index is 604. The third-order valence-electron chi connectivity index (χ3n) is 2.32. The molecule has 6 nitrogen and oxygen atoms in total. The third kappa shape index (κ3) is 5.65. The van der Waals surface area contributed by atoms with E-state index in [1.54, 1.807) is 20.8 Å². The fraction of sp³-hybridized carbons (Fsp3) is 0.333. The molecular formula is C15H18ClNO5. The Balaban J connectivity index is 3.05. The summed E-state index contributed by atoms with van der Waals surface area (Å²) in [7, 11) is 1.19. The minimum absolute atomic E-state index is 0.0122. The van der Waals surface area contributed by atoms with Gasteiger partial charge in [0.05, 0.1) is 12.1 Å². The molecular weight excluding hydrogens is 310 g/mol. The maximum atomic E-state index is 11.8. The van der Waals surface area contributed by atoms with E-state index in [0.717, 1.165) is 0 Å². The van der Waals surface area contributed by atoms with E-state index in [1.807, 2.05) is 0 Å². The van der Waals surface area contributed by atoms with Gasteiger partial charge in [-0.2, -0.15) is 0 Å². The number of ether oxygens (including phenoxy) is 2. The van der Waals surface area contributed by atoms with E-state index < -0.39 is 17.7 Å².